The quantitative estimate of drug-likeness (QED) is 0.226. The number of benzene rings is 2. The van der Waals surface area contributed by atoms with Crippen molar-refractivity contribution in [2.24, 2.45) is 4.40 Å². The van der Waals surface area contributed by atoms with Gasteiger partial charge >= 0.3 is 0 Å². The molecule has 3 rings (SSSR count). The Morgan fingerprint density at radius 1 is 1.11 bits per heavy atom. The number of sulfonamides is 1. The number of amidine groups is 1. The largest absolute Gasteiger partial charge is 0.493 e. The number of nitrogens with zero attached hydrogens (tertiary/aromatic N) is 2. The van der Waals surface area contributed by atoms with Crippen LogP contribution in [0.4, 0.5) is 0 Å². The maximum atomic E-state index is 13.1. The molecule has 1 heterocycles. The molecule has 2 aromatic rings. The molecule has 0 atom stereocenters. The predicted molar refractivity (Wildman–Crippen MR) is 141 cm³/mol. The van der Waals surface area contributed by atoms with E-state index in [1.165, 1.54) is 23.1 Å². The molecule has 186 valence electrons. The molecule has 0 radical (unpaired) electrons. The second-order valence-electron chi connectivity index (χ2n) is 7.94. The standard InChI is InChI=1S/C26H30N2O5S2/c1-5-7-8-16-33-23-17-20(11-14-22(23)32-4)18-24-25(29)28(15-6-2)26(34-24)27-35(30,31)21-12-9-19(3)10-13-21/h6,9-14,17-18H,2,5,7-8,15-16H2,1,3-4H3/b24-18-,27-26?. The first-order chi connectivity index (χ1) is 16.8. The fourth-order valence-corrected chi connectivity index (χ4v) is 5.50. The molecule has 1 aliphatic heterocycles. The van der Waals surface area contributed by atoms with Gasteiger partial charge in [-0.25, -0.2) is 0 Å². The molecule has 1 saturated heterocycles. The summed E-state index contributed by atoms with van der Waals surface area (Å²) in [5, 5.41) is 0.0891. The first kappa shape index (κ1) is 26.6. The Hall–Kier alpha value is -3.04. The van der Waals surface area contributed by atoms with Crippen molar-refractivity contribution in [1.82, 2.24) is 4.90 Å². The number of carbonyl (C=O) groups excluding carboxylic acids is 1. The summed E-state index contributed by atoms with van der Waals surface area (Å²) in [5.74, 6) is 0.856. The van der Waals surface area contributed by atoms with Crippen molar-refractivity contribution in [2.75, 3.05) is 20.3 Å². The van der Waals surface area contributed by atoms with Crippen molar-refractivity contribution in [3.63, 3.8) is 0 Å². The van der Waals surface area contributed by atoms with E-state index >= 15 is 0 Å². The zero-order chi connectivity index (χ0) is 25.4. The molecule has 0 saturated carbocycles. The Labute approximate surface area is 211 Å². The summed E-state index contributed by atoms with van der Waals surface area (Å²) in [6, 6.07) is 11.8. The van der Waals surface area contributed by atoms with Crippen LogP contribution in [0.3, 0.4) is 0 Å². The van der Waals surface area contributed by atoms with Crippen molar-refractivity contribution in [1.29, 1.82) is 0 Å². The van der Waals surface area contributed by atoms with Gasteiger partial charge in [0.05, 0.1) is 23.5 Å². The maximum Gasteiger partial charge on any atom is 0.284 e. The Balaban J connectivity index is 1.91. The molecule has 0 aliphatic carbocycles. The zero-order valence-corrected chi connectivity index (χ0v) is 21.8. The Morgan fingerprint density at radius 3 is 2.51 bits per heavy atom. The third-order valence-corrected chi connectivity index (χ3v) is 7.61. The summed E-state index contributed by atoms with van der Waals surface area (Å²) in [4.78, 5) is 14.8. The molecule has 0 aromatic heterocycles. The first-order valence-electron chi connectivity index (χ1n) is 11.3. The zero-order valence-electron chi connectivity index (χ0n) is 20.2. The van der Waals surface area contributed by atoms with Gasteiger partial charge in [-0.2, -0.15) is 8.42 Å². The lowest BCUT2D eigenvalue weighted by Gasteiger charge is -2.12. The van der Waals surface area contributed by atoms with E-state index in [1.807, 2.05) is 19.1 Å². The highest BCUT2D eigenvalue weighted by Crippen LogP contribution is 2.35. The molecule has 7 nitrogen and oxygen atoms in total. The van der Waals surface area contributed by atoms with Gasteiger partial charge < -0.3 is 9.47 Å². The molecule has 0 unspecified atom stereocenters. The van der Waals surface area contributed by atoms with Crippen LogP contribution in [0.1, 0.15) is 37.3 Å². The lowest BCUT2D eigenvalue weighted by molar-refractivity contribution is -0.121. The summed E-state index contributed by atoms with van der Waals surface area (Å²) in [6.07, 6.45) is 6.33. The molecule has 35 heavy (non-hydrogen) atoms. The average molecular weight is 515 g/mol. The number of methoxy groups -OCH3 is 1. The number of hydrogen-bond acceptors (Lipinski definition) is 6. The second kappa shape index (κ2) is 12.1. The number of ether oxygens (including phenoxy) is 2. The molecule has 1 amide bonds. The number of rotatable bonds is 11. The Morgan fingerprint density at radius 2 is 1.86 bits per heavy atom. The fraction of sp³-hybridized carbons (Fsp3) is 0.308. The molecule has 0 bridgehead atoms. The number of hydrogen-bond donors (Lipinski definition) is 0. The van der Waals surface area contributed by atoms with E-state index in [9.17, 15) is 13.2 Å². The van der Waals surface area contributed by atoms with E-state index in [4.69, 9.17) is 9.47 Å². The van der Waals surface area contributed by atoms with Gasteiger partial charge in [-0.15, -0.1) is 11.0 Å². The number of unbranched alkanes of at least 4 members (excludes halogenated alkanes) is 2. The molecular formula is C26H30N2O5S2. The fourth-order valence-electron chi connectivity index (χ4n) is 3.31. The minimum absolute atomic E-state index is 0.0691. The smallest absolute Gasteiger partial charge is 0.284 e. The highest BCUT2D eigenvalue weighted by Gasteiger charge is 2.34. The lowest BCUT2D eigenvalue weighted by Crippen LogP contribution is -2.29. The third-order valence-electron chi connectivity index (χ3n) is 5.21. The van der Waals surface area contributed by atoms with Crippen molar-refractivity contribution in [3.8, 4) is 11.5 Å². The van der Waals surface area contributed by atoms with Crippen LogP contribution in [0, 0.1) is 6.92 Å². The van der Waals surface area contributed by atoms with Gasteiger partial charge in [-0.1, -0.05) is 49.6 Å². The normalized spacial score (nSPS) is 16.2. The van der Waals surface area contributed by atoms with Crippen LogP contribution in [-0.4, -0.2) is 44.7 Å². The average Bonchev–Trinajstić information content (AvgIpc) is 3.11. The topological polar surface area (TPSA) is 85.3 Å². The van der Waals surface area contributed by atoms with Gasteiger partial charge in [0, 0.05) is 6.54 Å². The molecule has 2 aromatic carbocycles. The van der Waals surface area contributed by atoms with Gasteiger partial charge in [0.25, 0.3) is 15.9 Å². The maximum absolute atomic E-state index is 13.1. The van der Waals surface area contributed by atoms with Gasteiger partial charge in [-0.05, 0) is 61.0 Å². The van der Waals surface area contributed by atoms with Crippen LogP contribution < -0.4 is 9.47 Å². The Bertz CT molecular complexity index is 1230. The van der Waals surface area contributed by atoms with Crippen LogP contribution >= 0.6 is 11.8 Å². The minimum Gasteiger partial charge on any atom is -0.493 e. The van der Waals surface area contributed by atoms with Crippen molar-refractivity contribution >= 4 is 38.9 Å². The van der Waals surface area contributed by atoms with Gasteiger partial charge in [0.15, 0.2) is 16.7 Å². The summed E-state index contributed by atoms with van der Waals surface area (Å²) in [7, 11) is -2.41. The third kappa shape index (κ3) is 6.76. The summed E-state index contributed by atoms with van der Waals surface area (Å²) in [5.41, 5.74) is 1.67. The van der Waals surface area contributed by atoms with Crippen LogP contribution in [0.15, 0.2) is 69.3 Å². The minimum atomic E-state index is -3.99. The number of carbonyl (C=O) groups is 1. The van der Waals surface area contributed by atoms with E-state index in [0.29, 0.717) is 23.0 Å². The van der Waals surface area contributed by atoms with Crippen LogP contribution in [0.5, 0.6) is 11.5 Å². The molecule has 1 fully saturated rings. The Kier molecular flexibility index (Phi) is 9.17. The number of thioether (sulfide) groups is 1. The SMILES string of the molecule is C=CCN1C(=O)/C(=C/c2ccc(OC)c(OCCCCC)c2)SC1=NS(=O)(=O)c1ccc(C)cc1. The summed E-state index contributed by atoms with van der Waals surface area (Å²) in [6.45, 7) is 8.39. The van der Waals surface area contributed by atoms with Crippen LogP contribution in [0.25, 0.3) is 6.08 Å². The first-order valence-corrected chi connectivity index (χ1v) is 13.6. The van der Waals surface area contributed by atoms with Crippen molar-refractivity contribution < 1.29 is 22.7 Å². The van der Waals surface area contributed by atoms with E-state index in [2.05, 4.69) is 17.9 Å². The highest BCUT2D eigenvalue weighted by molar-refractivity contribution is 8.19. The summed E-state index contributed by atoms with van der Waals surface area (Å²) >= 11 is 1.02. The lowest BCUT2D eigenvalue weighted by atomic mass is 10.2. The predicted octanol–water partition coefficient (Wildman–Crippen LogP) is 5.42. The monoisotopic (exact) mass is 514 g/mol. The molecule has 0 spiro atoms. The van der Waals surface area contributed by atoms with Crippen molar-refractivity contribution in [2.45, 2.75) is 38.0 Å². The molecule has 1 aliphatic rings. The number of amides is 1. The molecule has 9 heteroatoms. The molecular weight excluding hydrogens is 484 g/mol. The van der Waals surface area contributed by atoms with Gasteiger partial charge in [-0.3, -0.25) is 9.69 Å². The van der Waals surface area contributed by atoms with E-state index in [1.54, 1.807) is 31.4 Å². The highest BCUT2D eigenvalue weighted by atomic mass is 32.2. The summed E-state index contributed by atoms with van der Waals surface area (Å²) < 4.78 is 41.0. The van der Waals surface area contributed by atoms with Gasteiger partial charge in [0.1, 0.15) is 0 Å². The van der Waals surface area contributed by atoms with E-state index < -0.39 is 10.0 Å². The number of aryl methyl sites for hydroxylation is 1. The van der Waals surface area contributed by atoms with E-state index in [-0.39, 0.29) is 22.5 Å². The molecule has 0 N–H and O–H groups in total. The van der Waals surface area contributed by atoms with Crippen LogP contribution in [-0.2, 0) is 14.8 Å². The van der Waals surface area contributed by atoms with E-state index in [0.717, 1.165) is 42.2 Å². The second-order valence-corrected chi connectivity index (χ2v) is 10.6. The van der Waals surface area contributed by atoms with Crippen molar-refractivity contribution in [3.05, 3.63) is 71.2 Å². The van der Waals surface area contributed by atoms with Crippen LogP contribution in [0.2, 0.25) is 0 Å². The van der Waals surface area contributed by atoms with Gasteiger partial charge in [0.2, 0.25) is 0 Å².